The second kappa shape index (κ2) is 9.33. The monoisotopic (exact) mass is 509 g/mol. The maximum Gasteiger partial charge on any atom is 0.341 e. The molecule has 1 saturated carbocycles. The van der Waals surface area contributed by atoms with Gasteiger partial charge in [-0.1, -0.05) is 37.1 Å². The van der Waals surface area contributed by atoms with E-state index in [0.717, 1.165) is 42.4 Å². The molecule has 1 fully saturated rings. The van der Waals surface area contributed by atoms with Crippen LogP contribution < -0.4 is 4.74 Å². The van der Waals surface area contributed by atoms with Gasteiger partial charge < -0.3 is 9.84 Å². The lowest BCUT2D eigenvalue weighted by Crippen LogP contribution is -2.46. The SMILES string of the molecule is Cc1cc(S(=O)(=O)N2Cc3cc(-c4ccc(F)cc4)ccc3C3(CCCC3)C2)ccc1OCC(=O)O. The van der Waals surface area contributed by atoms with Gasteiger partial charge in [0.15, 0.2) is 6.61 Å². The standard InChI is InChI=1S/C28H28FNO5S/c1-19-14-24(9-11-26(19)35-17-27(31)32)36(33,34)30-16-22-15-21(20-4-7-23(29)8-5-20)6-10-25(22)28(18-30)12-2-3-13-28/h4-11,14-15H,2-3,12-13,16-18H2,1H3,(H,31,32). The highest BCUT2D eigenvalue weighted by molar-refractivity contribution is 7.89. The van der Waals surface area contributed by atoms with E-state index < -0.39 is 22.6 Å². The van der Waals surface area contributed by atoms with Gasteiger partial charge in [0.05, 0.1) is 4.90 Å². The number of carboxylic acid groups (broad SMARTS) is 1. The van der Waals surface area contributed by atoms with E-state index in [1.807, 2.05) is 6.07 Å². The Hall–Kier alpha value is -3.23. The van der Waals surface area contributed by atoms with Crippen LogP contribution in [0.3, 0.4) is 0 Å². The van der Waals surface area contributed by atoms with Crippen molar-refractivity contribution in [3.8, 4) is 16.9 Å². The number of halogens is 1. The third kappa shape index (κ3) is 4.51. The molecule has 0 radical (unpaired) electrons. The fraction of sp³-hybridized carbons (Fsp3) is 0.321. The molecule has 1 heterocycles. The summed E-state index contributed by atoms with van der Waals surface area (Å²) in [5.74, 6) is -1.05. The fourth-order valence-electron chi connectivity index (χ4n) is 5.61. The van der Waals surface area contributed by atoms with Gasteiger partial charge in [-0.2, -0.15) is 4.31 Å². The minimum Gasteiger partial charge on any atom is -0.482 e. The van der Waals surface area contributed by atoms with Gasteiger partial charge in [0, 0.05) is 18.5 Å². The largest absolute Gasteiger partial charge is 0.482 e. The van der Waals surface area contributed by atoms with Crippen molar-refractivity contribution in [3.63, 3.8) is 0 Å². The summed E-state index contributed by atoms with van der Waals surface area (Å²) in [6.45, 7) is 1.89. The molecule has 3 aromatic carbocycles. The van der Waals surface area contributed by atoms with Crippen LogP contribution in [0, 0.1) is 12.7 Å². The number of benzene rings is 3. The number of sulfonamides is 1. The van der Waals surface area contributed by atoms with E-state index in [9.17, 15) is 17.6 Å². The number of hydrogen-bond donors (Lipinski definition) is 1. The first-order chi connectivity index (χ1) is 17.2. The molecule has 0 bridgehead atoms. The number of nitrogens with zero attached hydrogens (tertiary/aromatic N) is 1. The predicted octanol–water partition coefficient (Wildman–Crippen LogP) is 5.28. The molecular formula is C28H28FNO5S. The zero-order valence-corrected chi connectivity index (χ0v) is 20.9. The van der Waals surface area contributed by atoms with Crippen LogP contribution in [0.25, 0.3) is 11.1 Å². The lowest BCUT2D eigenvalue weighted by molar-refractivity contribution is -0.139. The van der Waals surface area contributed by atoms with Gasteiger partial charge >= 0.3 is 5.97 Å². The Labute approximate surface area is 210 Å². The second-order valence-corrected chi connectivity index (χ2v) is 11.7. The lowest BCUT2D eigenvalue weighted by Gasteiger charge is -2.41. The molecule has 0 unspecified atom stereocenters. The number of rotatable bonds is 6. The predicted molar refractivity (Wildman–Crippen MR) is 134 cm³/mol. The van der Waals surface area contributed by atoms with Crippen LogP contribution in [-0.2, 0) is 26.8 Å². The maximum absolute atomic E-state index is 13.8. The third-order valence-corrected chi connectivity index (χ3v) is 9.16. The van der Waals surface area contributed by atoms with Crippen molar-refractivity contribution >= 4 is 16.0 Å². The van der Waals surface area contributed by atoms with Gasteiger partial charge in [0.2, 0.25) is 10.0 Å². The van der Waals surface area contributed by atoms with E-state index in [4.69, 9.17) is 9.84 Å². The highest BCUT2D eigenvalue weighted by Gasteiger charge is 2.45. The van der Waals surface area contributed by atoms with Crippen molar-refractivity contribution in [2.45, 2.75) is 49.5 Å². The average molecular weight is 510 g/mol. The summed E-state index contributed by atoms with van der Waals surface area (Å²) in [4.78, 5) is 11.0. The van der Waals surface area contributed by atoms with Crippen molar-refractivity contribution in [2.75, 3.05) is 13.2 Å². The molecular weight excluding hydrogens is 481 g/mol. The average Bonchev–Trinajstić information content (AvgIpc) is 3.32. The minimum atomic E-state index is -3.81. The van der Waals surface area contributed by atoms with Gasteiger partial charge in [-0.3, -0.25) is 0 Å². The molecule has 1 spiro atoms. The second-order valence-electron chi connectivity index (χ2n) is 9.75. The number of ether oxygens (including phenoxy) is 1. The van der Waals surface area contributed by atoms with Crippen LogP contribution >= 0.6 is 0 Å². The van der Waals surface area contributed by atoms with Crippen LogP contribution in [0.4, 0.5) is 4.39 Å². The topological polar surface area (TPSA) is 83.9 Å². The van der Waals surface area contributed by atoms with Crippen molar-refractivity contribution < 1.29 is 27.4 Å². The Morgan fingerprint density at radius 2 is 1.72 bits per heavy atom. The Bertz CT molecular complexity index is 1410. The summed E-state index contributed by atoms with van der Waals surface area (Å²) < 4.78 is 47.9. The smallest absolute Gasteiger partial charge is 0.341 e. The molecule has 6 nitrogen and oxygen atoms in total. The zero-order valence-electron chi connectivity index (χ0n) is 20.0. The normalized spacial score (nSPS) is 17.2. The van der Waals surface area contributed by atoms with E-state index in [1.54, 1.807) is 23.4 Å². The molecule has 1 aliphatic heterocycles. The molecule has 0 atom stereocenters. The van der Waals surface area contributed by atoms with E-state index in [0.29, 0.717) is 17.9 Å². The van der Waals surface area contributed by atoms with Crippen molar-refractivity contribution in [2.24, 2.45) is 0 Å². The van der Waals surface area contributed by atoms with Crippen LogP contribution in [-0.4, -0.2) is 37.0 Å². The molecule has 8 heteroatoms. The molecule has 5 rings (SSSR count). The Morgan fingerprint density at radius 3 is 2.39 bits per heavy atom. The van der Waals surface area contributed by atoms with Gasteiger partial charge in [0.1, 0.15) is 11.6 Å². The van der Waals surface area contributed by atoms with Crippen LogP contribution in [0.1, 0.15) is 42.4 Å². The molecule has 1 aliphatic carbocycles. The number of aryl methyl sites for hydroxylation is 1. The molecule has 0 aromatic heterocycles. The summed E-state index contributed by atoms with van der Waals surface area (Å²) in [7, 11) is -3.81. The molecule has 1 N–H and O–H groups in total. The van der Waals surface area contributed by atoms with E-state index in [1.165, 1.54) is 35.9 Å². The van der Waals surface area contributed by atoms with Gasteiger partial charge in [-0.25, -0.2) is 17.6 Å². The molecule has 0 amide bonds. The van der Waals surface area contributed by atoms with E-state index in [-0.39, 0.29) is 22.7 Å². The number of carbonyl (C=O) groups is 1. The highest BCUT2D eigenvalue weighted by atomic mass is 32.2. The van der Waals surface area contributed by atoms with Crippen LogP contribution in [0.5, 0.6) is 5.75 Å². The first-order valence-corrected chi connectivity index (χ1v) is 13.5. The highest BCUT2D eigenvalue weighted by Crippen LogP contribution is 2.47. The lowest BCUT2D eigenvalue weighted by atomic mass is 9.74. The molecule has 0 saturated heterocycles. The number of hydrogen-bond acceptors (Lipinski definition) is 4. The molecule has 3 aromatic rings. The van der Waals surface area contributed by atoms with Crippen molar-refractivity contribution in [1.29, 1.82) is 0 Å². The van der Waals surface area contributed by atoms with Gasteiger partial charge in [-0.15, -0.1) is 0 Å². The Morgan fingerprint density at radius 1 is 1.03 bits per heavy atom. The minimum absolute atomic E-state index is 0.161. The summed E-state index contributed by atoms with van der Waals surface area (Å²) in [5, 5.41) is 8.86. The molecule has 188 valence electrons. The Balaban J connectivity index is 1.50. The number of carboxylic acids is 1. The van der Waals surface area contributed by atoms with E-state index in [2.05, 4.69) is 12.1 Å². The third-order valence-electron chi connectivity index (χ3n) is 7.38. The molecule has 2 aliphatic rings. The first kappa shape index (κ1) is 24.5. The van der Waals surface area contributed by atoms with Crippen LogP contribution in [0.15, 0.2) is 65.6 Å². The summed E-state index contributed by atoms with van der Waals surface area (Å²) in [6, 6.07) is 17.1. The van der Waals surface area contributed by atoms with Crippen molar-refractivity contribution in [1.82, 2.24) is 4.31 Å². The van der Waals surface area contributed by atoms with Gasteiger partial charge in [0.25, 0.3) is 0 Å². The number of fused-ring (bicyclic) bond motifs is 2. The zero-order chi connectivity index (χ0) is 25.5. The number of aliphatic carboxylic acids is 1. The summed E-state index contributed by atoms with van der Waals surface area (Å²) in [5.41, 5.74) is 4.34. The van der Waals surface area contributed by atoms with Gasteiger partial charge in [-0.05, 0) is 84.0 Å². The Kier molecular flexibility index (Phi) is 6.34. The quantitative estimate of drug-likeness (QED) is 0.489. The maximum atomic E-state index is 13.8. The summed E-state index contributed by atoms with van der Waals surface area (Å²) >= 11 is 0. The first-order valence-electron chi connectivity index (χ1n) is 12.0. The van der Waals surface area contributed by atoms with Crippen LogP contribution in [0.2, 0.25) is 0 Å². The van der Waals surface area contributed by atoms with E-state index >= 15 is 0 Å². The fourth-order valence-corrected chi connectivity index (χ4v) is 7.20. The molecule has 36 heavy (non-hydrogen) atoms. The van der Waals surface area contributed by atoms with Crippen molar-refractivity contribution in [3.05, 3.63) is 83.2 Å². The summed E-state index contributed by atoms with van der Waals surface area (Å²) in [6.07, 6.45) is 3.98.